The van der Waals surface area contributed by atoms with Crippen molar-refractivity contribution in [3.05, 3.63) is 0 Å². The van der Waals surface area contributed by atoms with Gasteiger partial charge in [-0.2, -0.15) is 0 Å². The van der Waals surface area contributed by atoms with Crippen LogP contribution in [0.5, 0.6) is 0 Å². The Hall–Kier alpha value is -0.180. The third-order valence-electron chi connectivity index (χ3n) is 2.87. The van der Waals surface area contributed by atoms with Gasteiger partial charge in [0, 0.05) is 18.3 Å². The molecule has 0 radical (unpaired) electrons. The van der Waals surface area contributed by atoms with Gasteiger partial charge in [0.1, 0.15) is 9.84 Å². The molecule has 1 fully saturated rings. The Bertz CT molecular complexity index is 444. The van der Waals surface area contributed by atoms with Crippen LogP contribution < -0.4 is 10.5 Å². The molecule has 0 aromatic carbocycles. The lowest BCUT2D eigenvalue weighted by Crippen LogP contribution is -2.50. The first-order chi connectivity index (χ1) is 7.70. The summed E-state index contributed by atoms with van der Waals surface area (Å²) in [5.74, 6) is -0.751. The van der Waals surface area contributed by atoms with Crippen LogP contribution in [0.1, 0.15) is 25.7 Å². The Morgan fingerprint density at radius 1 is 1.12 bits per heavy atom. The zero-order valence-corrected chi connectivity index (χ0v) is 11.6. The number of sulfone groups is 1. The van der Waals surface area contributed by atoms with Gasteiger partial charge in [0.2, 0.25) is 10.0 Å². The monoisotopic (exact) mass is 284 g/mol. The van der Waals surface area contributed by atoms with Crippen LogP contribution in [0.25, 0.3) is 0 Å². The Labute approximate surface area is 103 Å². The van der Waals surface area contributed by atoms with Gasteiger partial charge in [-0.3, -0.25) is 0 Å². The van der Waals surface area contributed by atoms with Crippen molar-refractivity contribution in [2.75, 3.05) is 17.8 Å². The van der Waals surface area contributed by atoms with Crippen molar-refractivity contribution in [3.63, 3.8) is 0 Å². The number of nitrogens with two attached hydrogens (primary N) is 1. The summed E-state index contributed by atoms with van der Waals surface area (Å²) >= 11 is 0. The number of sulfonamides is 1. The molecule has 1 saturated carbocycles. The van der Waals surface area contributed by atoms with E-state index >= 15 is 0 Å². The average molecular weight is 284 g/mol. The average Bonchev–Trinajstić information content (AvgIpc) is 2.18. The van der Waals surface area contributed by atoms with Crippen LogP contribution in [-0.4, -0.2) is 46.7 Å². The summed E-state index contributed by atoms with van der Waals surface area (Å²) in [7, 11) is -6.82. The molecule has 0 amide bonds. The van der Waals surface area contributed by atoms with Gasteiger partial charge < -0.3 is 5.73 Å². The zero-order valence-electron chi connectivity index (χ0n) is 9.92. The van der Waals surface area contributed by atoms with Crippen LogP contribution in [-0.2, 0) is 19.9 Å². The predicted octanol–water partition coefficient (Wildman–Crippen LogP) is -0.780. The van der Waals surface area contributed by atoms with Crippen LogP contribution in [0.2, 0.25) is 0 Å². The van der Waals surface area contributed by atoms with E-state index in [1.807, 2.05) is 0 Å². The molecule has 2 atom stereocenters. The van der Waals surface area contributed by atoms with Crippen molar-refractivity contribution in [1.82, 2.24) is 4.72 Å². The first kappa shape index (κ1) is 14.9. The highest BCUT2D eigenvalue weighted by Crippen LogP contribution is 2.17. The number of nitrogens with one attached hydrogen (secondary N) is 1. The molecule has 8 heteroatoms. The minimum absolute atomic E-state index is 0.170. The molecule has 0 aromatic rings. The molecule has 1 rings (SSSR count). The molecule has 0 spiro atoms. The minimum atomic E-state index is -3.56. The maximum Gasteiger partial charge on any atom is 0.212 e. The van der Waals surface area contributed by atoms with Crippen molar-refractivity contribution < 1.29 is 16.8 Å². The molecule has 0 aliphatic heterocycles. The van der Waals surface area contributed by atoms with Crippen LogP contribution in [0.4, 0.5) is 0 Å². The quantitative estimate of drug-likeness (QED) is 0.689. The standard InChI is InChI=1S/C9H20N2O4S2/c1-16(12,13)6-7-17(14,15)11-9-5-3-2-4-8(9)10/h8-9,11H,2-7,10H2,1H3. The summed E-state index contributed by atoms with van der Waals surface area (Å²) in [6.07, 6.45) is 4.52. The fourth-order valence-electron chi connectivity index (χ4n) is 1.86. The normalized spacial score (nSPS) is 26.9. The third-order valence-corrected chi connectivity index (χ3v) is 5.48. The van der Waals surface area contributed by atoms with Crippen molar-refractivity contribution in [2.45, 2.75) is 37.8 Å². The Balaban J connectivity index is 2.54. The summed E-state index contributed by atoms with van der Waals surface area (Å²) in [6.45, 7) is 0. The Morgan fingerprint density at radius 2 is 1.71 bits per heavy atom. The van der Waals surface area contributed by atoms with Gasteiger partial charge in [0.25, 0.3) is 0 Å². The molecule has 102 valence electrons. The summed E-state index contributed by atoms with van der Waals surface area (Å²) < 4.78 is 47.7. The molecular weight excluding hydrogens is 264 g/mol. The van der Waals surface area contributed by atoms with Crippen LogP contribution in [0.15, 0.2) is 0 Å². The van der Waals surface area contributed by atoms with E-state index in [4.69, 9.17) is 5.73 Å². The van der Waals surface area contributed by atoms with Crippen molar-refractivity contribution in [1.29, 1.82) is 0 Å². The molecule has 6 nitrogen and oxygen atoms in total. The number of rotatable bonds is 5. The first-order valence-corrected chi connectivity index (χ1v) is 9.34. The fourth-order valence-corrected chi connectivity index (χ4v) is 4.82. The molecule has 0 aromatic heterocycles. The summed E-state index contributed by atoms with van der Waals surface area (Å²) in [5, 5.41) is 0. The van der Waals surface area contributed by atoms with Gasteiger partial charge in [-0.25, -0.2) is 21.6 Å². The van der Waals surface area contributed by atoms with E-state index in [-0.39, 0.29) is 17.8 Å². The van der Waals surface area contributed by atoms with E-state index in [0.717, 1.165) is 31.9 Å². The van der Waals surface area contributed by atoms with Crippen LogP contribution in [0.3, 0.4) is 0 Å². The van der Waals surface area contributed by atoms with Gasteiger partial charge in [-0.1, -0.05) is 12.8 Å². The topological polar surface area (TPSA) is 106 Å². The fraction of sp³-hybridized carbons (Fsp3) is 1.00. The van der Waals surface area contributed by atoms with E-state index in [9.17, 15) is 16.8 Å². The summed E-state index contributed by atoms with van der Waals surface area (Å²) in [5.41, 5.74) is 5.82. The molecule has 17 heavy (non-hydrogen) atoms. The highest BCUT2D eigenvalue weighted by Gasteiger charge is 2.26. The van der Waals surface area contributed by atoms with Gasteiger partial charge in [-0.15, -0.1) is 0 Å². The molecule has 1 aliphatic rings. The van der Waals surface area contributed by atoms with Gasteiger partial charge in [0.05, 0.1) is 11.5 Å². The second-order valence-corrected chi connectivity index (χ2v) is 8.75. The minimum Gasteiger partial charge on any atom is -0.326 e. The van der Waals surface area contributed by atoms with Crippen molar-refractivity contribution >= 4 is 19.9 Å². The maximum atomic E-state index is 11.7. The van der Waals surface area contributed by atoms with Crippen molar-refractivity contribution in [3.8, 4) is 0 Å². The Kier molecular flexibility index (Phi) is 4.94. The van der Waals surface area contributed by atoms with Gasteiger partial charge >= 0.3 is 0 Å². The second kappa shape index (κ2) is 5.64. The number of hydrogen-bond acceptors (Lipinski definition) is 5. The smallest absolute Gasteiger partial charge is 0.212 e. The molecular formula is C9H20N2O4S2. The zero-order chi connectivity index (χ0) is 13.1. The molecule has 3 N–H and O–H groups in total. The van der Waals surface area contributed by atoms with E-state index in [2.05, 4.69) is 4.72 Å². The molecule has 0 saturated heterocycles. The predicted molar refractivity (Wildman–Crippen MR) is 66.9 cm³/mol. The van der Waals surface area contributed by atoms with E-state index in [0.29, 0.717) is 0 Å². The third kappa shape index (κ3) is 5.80. The second-order valence-electron chi connectivity index (χ2n) is 4.62. The van der Waals surface area contributed by atoms with E-state index < -0.39 is 25.6 Å². The van der Waals surface area contributed by atoms with E-state index in [1.165, 1.54) is 0 Å². The summed E-state index contributed by atoms with van der Waals surface area (Å²) in [6, 6.07) is -0.426. The highest BCUT2D eigenvalue weighted by molar-refractivity contribution is 7.93. The number of hydrogen-bond donors (Lipinski definition) is 2. The summed E-state index contributed by atoms with van der Waals surface area (Å²) in [4.78, 5) is 0. The maximum absolute atomic E-state index is 11.7. The van der Waals surface area contributed by atoms with Crippen molar-refractivity contribution in [2.24, 2.45) is 5.73 Å². The molecule has 0 heterocycles. The van der Waals surface area contributed by atoms with Crippen LogP contribution in [0, 0.1) is 0 Å². The lowest BCUT2D eigenvalue weighted by Gasteiger charge is -2.28. The molecule has 0 bridgehead atoms. The SMILES string of the molecule is CS(=O)(=O)CCS(=O)(=O)NC1CCCCC1N. The first-order valence-electron chi connectivity index (χ1n) is 5.63. The Morgan fingerprint density at radius 3 is 2.24 bits per heavy atom. The molecule has 2 unspecified atom stereocenters. The lowest BCUT2D eigenvalue weighted by atomic mass is 9.92. The van der Waals surface area contributed by atoms with Gasteiger partial charge in [-0.05, 0) is 12.8 Å². The highest BCUT2D eigenvalue weighted by atomic mass is 32.2. The largest absolute Gasteiger partial charge is 0.326 e. The molecule has 1 aliphatic carbocycles. The van der Waals surface area contributed by atoms with E-state index in [1.54, 1.807) is 0 Å². The van der Waals surface area contributed by atoms with Crippen LogP contribution >= 0.6 is 0 Å². The van der Waals surface area contributed by atoms with Gasteiger partial charge in [0.15, 0.2) is 0 Å². The lowest BCUT2D eigenvalue weighted by molar-refractivity contribution is 0.361.